The van der Waals surface area contributed by atoms with Gasteiger partial charge in [-0.25, -0.2) is 0 Å². The Morgan fingerprint density at radius 3 is 3.00 bits per heavy atom. The van der Waals surface area contributed by atoms with Gasteiger partial charge in [0.05, 0.1) is 16.9 Å². The van der Waals surface area contributed by atoms with Crippen molar-refractivity contribution in [3.8, 4) is 0 Å². The van der Waals surface area contributed by atoms with Crippen molar-refractivity contribution in [2.45, 2.75) is 13.5 Å². The first-order valence-electron chi connectivity index (χ1n) is 6.03. The minimum atomic E-state index is 0.796. The number of aromatic nitrogens is 3. The summed E-state index contributed by atoms with van der Waals surface area (Å²) in [4.78, 5) is 3.28. The van der Waals surface area contributed by atoms with Gasteiger partial charge in [-0.2, -0.15) is 5.10 Å². The second-order valence-corrected chi connectivity index (χ2v) is 4.51. The zero-order valence-electron chi connectivity index (χ0n) is 10.6. The van der Waals surface area contributed by atoms with Crippen molar-refractivity contribution < 1.29 is 0 Å². The summed E-state index contributed by atoms with van der Waals surface area (Å²) in [7, 11) is 1.93. The van der Waals surface area contributed by atoms with Gasteiger partial charge in [-0.05, 0) is 23.9 Å². The fourth-order valence-electron chi connectivity index (χ4n) is 2.26. The molecule has 4 heteroatoms. The number of para-hydroxylation sites is 1. The first-order valence-corrected chi connectivity index (χ1v) is 6.03. The Hall–Kier alpha value is -2.23. The standard InChI is InChI=1S/C14H16N4/c1-10-13(9-18(2)17-10)16-8-12-5-3-4-11-6-7-15-14(11)12/h3-7,9,15-16H,8H2,1-2H3. The Labute approximate surface area is 106 Å². The number of benzene rings is 1. The van der Waals surface area contributed by atoms with Gasteiger partial charge >= 0.3 is 0 Å². The maximum Gasteiger partial charge on any atom is 0.0825 e. The maximum atomic E-state index is 4.32. The molecule has 0 bridgehead atoms. The lowest BCUT2D eigenvalue weighted by Gasteiger charge is -2.06. The molecule has 0 aliphatic heterocycles. The summed E-state index contributed by atoms with van der Waals surface area (Å²) >= 11 is 0. The van der Waals surface area contributed by atoms with E-state index in [2.05, 4.69) is 39.7 Å². The molecule has 2 aromatic heterocycles. The van der Waals surface area contributed by atoms with Crippen LogP contribution in [-0.2, 0) is 13.6 Å². The Balaban J connectivity index is 1.85. The second kappa shape index (κ2) is 4.22. The van der Waals surface area contributed by atoms with E-state index in [1.165, 1.54) is 16.5 Å². The summed E-state index contributed by atoms with van der Waals surface area (Å²) < 4.78 is 1.83. The fourth-order valence-corrected chi connectivity index (χ4v) is 2.26. The minimum Gasteiger partial charge on any atom is -0.378 e. The molecule has 3 aromatic rings. The number of H-pyrrole nitrogens is 1. The van der Waals surface area contributed by atoms with Crippen molar-refractivity contribution in [2.75, 3.05) is 5.32 Å². The number of fused-ring (bicyclic) bond motifs is 1. The third-order valence-electron chi connectivity index (χ3n) is 3.16. The third-order valence-corrected chi connectivity index (χ3v) is 3.16. The molecular formula is C14H16N4. The highest BCUT2D eigenvalue weighted by Crippen LogP contribution is 2.19. The zero-order valence-corrected chi connectivity index (χ0v) is 10.6. The van der Waals surface area contributed by atoms with Gasteiger partial charge in [-0.3, -0.25) is 4.68 Å². The molecule has 92 valence electrons. The second-order valence-electron chi connectivity index (χ2n) is 4.51. The van der Waals surface area contributed by atoms with Gasteiger partial charge in [0, 0.05) is 26.0 Å². The van der Waals surface area contributed by atoms with E-state index in [1.54, 1.807) is 0 Å². The largest absolute Gasteiger partial charge is 0.378 e. The van der Waals surface area contributed by atoms with Crippen molar-refractivity contribution in [1.82, 2.24) is 14.8 Å². The Bertz CT molecular complexity index is 678. The van der Waals surface area contributed by atoms with Crippen molar-refractivity contribution in [1.29, 1.82) is 0 Å². The van der Waals surface area contributed by atoms with Crippen LogP contribution in [0.1, 0.15) is 11.3 Å². The molecule has 0 atom stereocenters. The Morgan fingerprint density at radius 2 is 2.22 bits per heavy atom. The van der Waals surface area contributed by atoms with Crippen LogP contribution in [0.3, 0.4) is 0 Å². The van der Waals surface area contributed by atoms with Crippen molar-refractivity contribution in [3.63, 3.8) is 0 Å². The van der Waals surface area contributed by atoms with Gasteiger partial charge in [0.1, 0.15) is 0 Å². The predicted molar refractivity (Wildman–Crippen MR) is 73.6 cm³/mol. The van der Waals surface area contributed by atoms with Crippen LogP contribution >= 0.6 is 0 Å². The van der Waals surface area contributed by atoms with E-state index in [1.807, 2.05) is 31.0 Å². The molecule has 0 amide bonds. The molecule has 0 aliphatic rings. The SMILES string of the molecule is Cc1nn(C)cc1NCc1cccc2cc[nH]c12. The first-order chi connectivity index (χ1) is 8.74. The van der Waals surface area contributed by atoms with E-state index in [0.717, 1.165) is 17.9 Å². The van der Waals surface area contributed by atoms with Gasteiger partial charge in [0.25, 0.3) is 0 Å². The molecule has 0 unspecified atom stereocenters. The van der Waals surface area contributed by atoms with Gasteiger partial charge in [0.2, 0.25) is 0 Å². The third kappa shape index (κ3) is 1.86. The molecule has 0 radical (unpaired) electrons. The molecular weight excluding hydrogens is 224 g/mol. The molecule has 0 spiro atoms. The monoisotopic (exact) mass is 240 g/mol. The molecule has 0 fully saturated rings. The number of hydrogen-bond donors (Lipinski definition) is 2. The molecule has 2 heterocycles. The molecule has 1 aromatic carbocycles. The van der Waals surface area contributed by atoms with Crippen LogP contribution in [0.15, 0.2) is 36.7 Å². The van der Waals surface area contributed by atoms with Gasteiger partial charge in [0.15, 0.2) is 0 Å². The van der Waals surface area contributed by atoms with Crippen LogP contribution < -0.4 is 5.32 Å². The van der Waals surface area contributed by atoms with Crippen LogP contribution in [0.2, 0.25) is 0 Å². The van der Waals surface area contributed by atoms with Crippen LogP contribution in [-0.4, -0.2) is 14.8 Å². The van der Waals surface area contributed by atoms with E-state index in [4.69, 9.17) is 0 Å². The summed E-state index contributed by atoms with van der Waals surface area (Å²) in [5.41, 5.74) is 4.57. The lowest BCUT2D eigenvalue weighted by atomic mass is 10.1. The summed E-state index contributed by atoms with van der Waals surface area (Å²) in [5.74, 6) is 0. The van der Waals surface area contributed by atoms with E-state index >= 15 is 0 Å². The van der Waals surface area contributed by atoms with Gasteiger partial charge < -0.3 is 10.3 Å². The van der Waals surface area contributed by atoms with Gasteiger partial charge in [-0.15, -0.1) is 0 Å². The van der Waals surface area contributed by atoms with Crippen molar-refractivity contribution in [2.24, 2.45) is 7.05 Å². The average Bonchev–Trinajstić information content (AvgIpc) is 2.93. The zero-order chi connectivity index (χ0) is 12.5. The Kier molecular flexibility index (Phi) is 2.55. The molecule has 0 aliphatic carbocycles. The molecule has 0 saturated heterocycles. The van der Waals surface area contributed by atoms with Crippen molar-refractivity contribution >= 4 is 16.6 Å². The lowest BCUT2D eigenvalue weighted by molar-refractivity contribution is 0.756. The van der Waals surface area contributed by atoms with Crippen LogP contribution in [0.4, 0.5) is 5.69 Å². The molecule has 2 N–H and O–H groups in total. The topological polar surface area (TPSA) is 45.6 Å². The number of nitrogens with zero attached hydrogens (tertiary/aromatic N) is 2. The normalized spacial score (nSPS) is 11.0. The summed E-state index contributed by atoms with van der Waals surface area (Å²) in [6.45, 7) is 2.81. The van der Waals surface area contributed by atoms with Crippen molar-refractivity contribution in [3.05, 3.63) is 47.9 Å². The molecule has 0 saturated carbocycles. The predicted octanol–water partition coefficient (Wildman–Crippen LogP) is 2.82. The summed E-state index contributed by atoms with van der Waals surface area (Å²) in [6.07, 6.45) is 3.98. The highest BCUT2D eigenvalue weighted by Gasteiger charge is 2.04. The van der Waals surface area contributed by atoms with Gasteiger partial charge in [-0.1, -0.05) is 18.2 Å². The molecule has 18 heavy (non-hydrogen) atoms. The smallest absolute Gasteiger partial charge is 0.0825 e. The number of aromatic amines is 1. The number of nitrogens with one attached hydrogen (secondary N) is 2. The minimum absolute atomic E-state index is 0.796. The molecule has 4 nitrogen and oxygen atoms in total. The lowest BCUT2D eigenvalue weighted by Crippen LogP contribution is -2.00. The number of hydrogen-bond acceptors (Lipinski definition) is 2. The van der Waals surface area contributed by atoms with E-state index in [-0.39, 0.29) is 0 Å². The number of rotatable bonds is 3. The summed E-state index contributed by atoms with van der Waals surface area (Å²) in [6, 6.07) is 8.43. The molecule has 3 rings (SSSR count). The Morgan fingerprint density at radius 1 is 1.33 bits per heavy atom. The highest BCUT2D eigenvalue weighted by molar-refractivity contribution is 5.82. The number of anilines is 1. The fraction of sp³-hybridized carbons (Fsp3) is 0.214. The number of aryl methyl sites for hydroxylation is 2. The van der Waals surface area contributed by atoms with E-state index in [0.29, 0.717) is 0 Å². The van der Waals surface area contributed by atoms with Crippen LogP contribution in [0.25, 0.3) is 10.9 Å². The highest BCUT2D eigenvalue weighted by atomic mass is 15.3. The summed E-state index contributed by atoms with van der Waals surface area (Å²) in [5, 5.41) is 9.00. The maximum absolute atomic E-state index is 4.32. The quantitative estimate of drug-likeness (QED) is 0.739. The average molecular weight is 240 g/mol. The van der Waals surface area contributed by atoms with Crippen LogP contribution in [0, 0.1) is 6.92 Å². The van der Waals surface area contributed by atoms with E-state index < -0.39 is 0 Å². The first kappa shape index (κ1) is 10.9. The van der Waals surface area contributed by atoms with E-state index in [9.17, 15) is 0 Å². The van der Waals surface area contributed by atoms with Crippen LogP contribution in [0.5, 0.6) is 0 Å².